The zero-order chi connectivity index (χ0) is 19.9. The van der Waals surface area contributed by atoms with Crippen molar-refractivity contribution in [2.24, 2.45) is 0 Å². The summed E-state index contributed by atoms with van der Waals surface area (Å²) in [5, 5.41) is 15.1. The zero-order valence-electron chi connectivity index (χ0n) is 14.3. The molecule has 144 valence electrons. The van der Waals surface area contributed by atoms with Crippen molar-refractivity contribution in [3.05, 3.63) is 41.7 Å². The molecule has 0 radical (unpaired) electrons. The van der Waals surface area contributed by atoms with Crippen molar-refractivity contribution in [2.75, 3.05) is 18.4 Å². The number of halogens is 4. The van der Waals surface area contributed by atoms with Crippen LogP contribution in [0.25, 0.3) is 22.2 Å². The summed E-state index contributed by atoms with van der Waals surface area (Å²) in [5.74, 6) is -0.0812. The van der Waals surface area contributed by atoms with E-state index in [1.54, 1.807) is 12.1 Å². The maximum Gasteiger partial charge on any atom is 0.419 e. The molecular weight excluding hydrogens is 376 g/mol. The lowest BCUT2D eigenvalue weighted by Gasteiger charge is -2.16. The van der Waals surface area contributed by atoms with Gasteiger partial charge >= 0.3 is 6.18 Å². The van der Waals surface area contributed by atoms with Crippen LogP contribution in [0, 0.1) is 11.3 Å². The monoisotopic (exact) mass is 390 g/mol. The van der Waals surface area contributed by atoms with Crippen molar-refractivity contribution in [1.29, 1.82) is 5.26 Å². The lowest BCUT2D eigenvalue weighted by atomic mass is 10.0. The second kappa shape index (κ2) is 6.76. The van der Waals surface area contributed by atoms with Crippen LogP contribution in [0.1, 0.15) is 11.1 Å². The molecule has 0 unspecified atom stereocenters. The molecule has 1 fully saturated rings. The number of nitrogens with zero attached hydrogens (tertiary/aromatic N) is 3. The first-order valence-corrected chi connectivity index (χ1v) is 8.44. The van der Waals surface area contributed by atoms with E-state index >= 15 is 0 Å². The molecule has 1 aliphatic heterocycles. The molecule has 0 aliphatic carbocycles. The average molecular weight is 390 g/mol. The number of fused-ring (bicyclic) bond motifs is 1. The number of alkyl halides is 4. The van der Waals surface area contributed by atoms with Gasteiger partial charge in [-0.15, -0.1) is 0 Å². The Kier molecular flexibility index (Phi) is 4.39. The molecule has 3 aromatic rings. The molecule has 28 heavy (non-hydrogen) atoms. The van der Waals surface area contributed by atoms with E-state index < -0.39 is 24.0 Å². The summed E-state index contributed by atoms with van der Waals surface area (Å²) >= 11 is 0. The first-order chi connectivity index (χ1) is 13.4. The maximum atomic E-state index is 13.8. The van der Waals surface area contributed by atoms with Gasteiger partial charge in [0.15, 0.2) is 0 Å². The Bertz CT molecular complexity index is 1070. The molecule has 0 spiro atoms. The van der Waals surface area contributed by atoms with Crippen LogP contribution in [-0.4, -0.2) is 40.3 Å². The van der Waals surface area contributed by atoms with Gasteiger partial charge in [0, 0.05) is 41.9 Å². The normalized spacial score (nSPS) is 19.7. The number of hydrogen-bond donors (Lipinski definition) is 3. The van der Waals surface area contributed by atoms with Crippen molar-refractivity contribution < 1.29 is 17.6 Å². The molecule has 1 aliphatic rings. The molecular formula is C18H14F4N6. The molecule has 0 bridgehead atoms. The standard InChI is InChI=1S/C18H14F4N6/c19-13-7-24-8-15(13)27-17-26-6-12(18(20,21)22)16(28-17)11-5-25-14-3-9(4-23)1-2-10(11)14/h1-3,5-6,13,15,24-25H,7-8H2,(H,26,27,28)/t13-,15-/m1/s1. The number of aromatic amines is 1. The van der Waals surface area contributed by atoms with Crippen LogP contribution in [0.4, 0.5) is 23.5 Å². The van der Waals surface area contributed by atoms with Crippen molar-refractivity contribution >= 4 is 16.9 Å². The SMILES string of the molecule is N#Cc1ccc2c(-c3nc(N[C@@H]4CNC[C@H]4F)ncc3C(F)(F)F)c[nH]c2c1. The summed E-state index contributed by atoms with van der Waals surface area (Å²) < 4.78 is 54.4. The molecule has 2 atom stereocenters. The third kappa shape index (κ3) is 3.25. The Labute approximate surface area is 156 Å². The van der Waals surface area contributed by atoms with Crippen LogP contribution < -0.4 is 10.6 Å². The number of H-pyrrole nitrogens is 1. The third-order valence-electron chi connectivity index (χ3n) is 4.61. The van der Waals surface area contributed by atoms with E-state index in [2.05, 4.69) is 25.6 Å². The van der Waals surface area contributed by atoms with Crippen LogP contribution >= 0.6 is 0 Å². The molecule has 10 heteroatoms. The van der Waals surface area contributed by atoms with Gasteiger partial charge < -0.3 is 15.6 Å². The highest BCUT2D eigenvalue weighted by molar-refractivity contribution is 5.96. The van der Waals surface area contributed by atoms with Crippen molar-refractivity contribution in [3.8, 4) is 17.3 Å². The van der Waals surface area contributed by atoms with Gasteiger partial charge in [0.1, 0.15) is 11.7 Å². The van der Waals surface area contributed by atoms with E-state index in [0.717, 1.165) is 0 Å². The molecule has 2 aromatic heterocycles. The van der Waals surface area contributed by atoms with Gasteiger partial charge in [-0.1, -0.05) is 6.07 Å². The number of nitrogens with one attached hydrogen (secondary N) is 3. The van der Waals surface area contributed by atoms with Gasteiger partial charge in [0.05, 0.1) is 23.4 Å². The quantitative estimate of drug-likeness (QED) is 0.598. The summed E-state index contributed by atoms with van der Waals surface area (Å²) in [6.07, 6.45) is -3.75. The molecule has 3 heterocycles. The Hall–Kier alpha value is -3.19. The van der Waals surface area contributed by atoms with E-state index in [4.69, 9.17) is 5.26 Å². The molecule has 4 rings (SSSR count). The van der Waals surface area contributed by atoms with Gasteiger partial charge in [-0.25, -0.2) is 14.4 Å². The van der Waals surface area contributed by atoms with Crippen LogP contribution in [0.3, 0.4) is 0 Å². The molecule has 1 saturated heterocycles. The van der Waals surface area contributed by atoms with E-state index in [0.29, 0.717) is 29.2 Å². The number of aromatic nitrogens is 3. The van der Waals surface area contributed by atoms with Crippen molar-refractivity contribution in [1.82, 2.24) is 20.3 Å². The maximum absolute atomic E-state index is 13.8. The van der Waals surface area contributed by atoms with Gasteiger partial charge in [-0.3, -0.25) is 0 Å². The minimum Gasteiger partial charge on any atom is -0.360 e. The van der Waals surface area contributed by atoms with E-state index in [-0.39, 0.29) is 23.8 Å². The molecule has 6 nitrogen and oxygen atoms in total. The Morgan fingerprint density at radius 2 is 2.07 bits per heavy atom. The fourth-order valence-electron chi connectivity index (χ4n) is 3.21. The van der Waals surface area contributed by atoms with E-state index in [9.17, 15) is 17.6 Å². The first-order valence-electron chi connectivity index (χ1n) is 8.44. The minimum atomic E-state index is -4.67. The van der Waals surface area contributed by atoms with Crippen molar-refractivity contribution in [2.45, 2.75) is 18.4 Å². The van der Waals surface area contributed by atoms with Crippen LogP contribution in [0.5, 0.6) is 0 Å². The fourth-order valence-corrected chi connectivity index (χ4v) is 3.21. The Balaban J connectivity index is 1.82. The second-order valence-corrected chi connectivity index (χ2v) is 6.45. The smallest absolute Gasteiger partial charge is 0.360 e. The molecule has 1 aromatic carbocycles. The molecule has 0 saturated carbocycles. The van der Waals surface area contributed by atoms with Gasteiger partial charge in [-0.05, 0) is 12.1 Å². The topological polar surface area (TPSA) is 89.4 Å². The van der Waals surface area contributed by atoms with Crippen LogP contribution in [-0.2, 0) is 6.18 Å². The summed E-state index contributed by atoms with van der Waals surface area (Å²) in [6.45, 7) is 0.486. The van der Waals surface area contributed by atoms with Crippen molar-refractivity contribution in [3.63, 3.8) is 0 Å². The lowest BCUT2D eigenvalue weighted by Crippen LogP contribution is -2.30. The Morgan fingerprint density at radius 3 is 2.75 bits per heavy atom. The lowest BCUT2D eigenvalue weighted by molar-refractivity contribution is -0.137. The number of nitriles is 1. The van der Waals surface area contributed by atoms with Gasteiger partial charge in [0.2, 0.25) is 5.95 Å². The first kappa shape index (κ1) is 18.2. The zero-order valence-corrected chi connectivity index (χ0v) is 14.3. The van der Waals surface area contributed by atoms with E-state index in [1.807, 2.05) is 6.07 Å². The fraction of sp³-hybridized carbons (Fsp3) is 0.278. The van der Waals surface area contributed by atoms with Crippen LogP contribution in [0.2, 0.25) is 0 Å². The summed E-state index contributed by atoms with van der Waals surface area (Å²) in [7, 11) is 0. The number of hydrogen-bond acceptors (Lipinski definition) is 5. The van der Waals surface area contributed by atoms with E-state index in [1.165, 1.54) is 12.3 Å². The Morgan fingerprint density at radius 1 is 1.25 bits per heavy atom. The highest BCUT2D eigenvalue weighted by Gasteiger charge is 2.36. The predicted octanol–water partition coefficient (Wildman–Crippen LogP) is 3.24. The summed E-state index contributed by atoms with van der Waals surface area (Å²) in [6, 6.07) is 5.99. The van der Waals surface area contributed by atoms with Gasteiger partial charge in [0.25, 0.3) is 0 Å². The number of anilines is 1. The number of benzene rings is 1. The highest BCUT2D eigenvalue weighted by atomic mass is 19.4. The molecule has 3 N–H and O–H groups in total. The molecule has 0 amide bonds. The summed E-state index contributed by atoms with van der Waals surface area (Å²) in [4.78, 5) is 10.7. The largest absolute Gasteiger partial charge is 0.419 e. The summed E-state index contributed by atoms with van der Waals surface area (Å²) in [5.41, 5.74) is -0.200. The average Bonchev–Trinajstić information content (AvgIpc) is 3.26. The minimum absolute atomic E-state index is 0.0812. The number of rotatable bonds is 3. The second-order valence-electron chi connectivity index (χ2n) is 6.45. The van der Waals surface area contributed by atoms with Crippen LogP contribution in [0.15, 0.2) is 30.6 Å². The highest BCUT2D eigenvalue weighted by Crippen LogP contribution is 2.38. The van der Waals surface area contributed by atoms with Gasteiger partial charge in [-0.2, -0.15) is 18.4 Å². The third-order valence-corrected chi connectivity index (χ3v) is 4.61. The predicted molar refractivity (Wildman–Crippen MR) is 94.2 cm³/mol.